The fourth-order valence-electron chi connectivity index (χ4n) is 2.40. The van der Waals surface area contributed by atoms with Gasteiger partial charge in [-0.05, 0) is 45.9 Å². The fourth-order valence-corrected chi connectivity index (χ4v) is 2.40. The quantitative estimate of drug-likeness (QED) is 0.628. The molecule has 20 heavy (non-hydrogen) atoms. The lowest BCUT2D eigenvalue weighted by molar-refractivity contribution is -0.539. The van der Waals surface area contributed by atoms with E-state index in [1.807, 2.05) is 27.7 Å². The molecule has 0 radical (unpaired) electrons. The van der Waals surface area contributed by atoms with Crippen LogP contribution in [-0.4, -0.2) is 38.7 Å². The van der Waals surface area contributed by atoms with E-state index in [4.69, 9.17) is 9.47 Å². The zero-order valence-electron chi connectivity index (χ0n) is 12.0. The van der Waals surface area contributed by atoms with E-state index < -0.39 is 11.1 Å². The second kappa shape index (κ2) is 3.79. The van der Waals surface area contributed by atoms with Gasteiger partial charge in [0.25, 0.3) is 0 Å². The molecule has 6 nitrogen and oxygen atoms in total. The molecule has 0 aliphatic carbocycles. The summed E-state index contributed by atoms with van der Waals surface area (Å²) in [6, 6.07) is 5.20. The number of fused-ring (bicyclic) bond motifs is 1. The monoisotopic (exact) mass is 278 g/mol. The third-order valence-corrected chi connectivity index (χ3v) is 4.56. The molecule has 0 fully saturated rings. The van der Waals surface area contributed by atoms with Crippen LogP contribution in [0, 0.1) is 5.21 Å². The maximum absolute atomic E-state index is 12.6. The molecule has 0 unspecified atom stereocenters. The molecular weight excluding hydrogens is 260 g/mol. The Kier molecular flexibility index (Phi) is 2.47. The van der Waals surface area contributed by atoms with Crippen molar-refractivity contribution in [1.29, 1.82) is 0 Å². The van der Waals surface area contributed by atoms with Gasteiger partial charge in [-0.25, -0.2) is 5.21 Å². The van der Waals surface area contributed by atoms with Crippen LogP contribution in [-0.2, 0) is 0 Å². The molecule has 0 atom stereocenters. The second-order valence-electron chi connectivity index (χ2n) is 6.12. The molecular formula is C14H18N2O4. The first-order valence-electron chi connectivity index (χ1n) is 6.50. The van der Waals surface area contributed by atoms with E-state index in [0.29, 0.717) is 17.1 Å². The van der Waals surface area contributed by atoms with Crippen LogP contribution in [0.1, 0.15) is 33.3 Å². The van der Waals surface area contributed by atoms with Crippen LogP contribution in [0.4, 0.5) is 0 Å². The highest BCUT2D eigenvalue weighted by atomic mass is 16.7. The van der Waals surface area contributed by atoms with Gasteiger partial charge in [-0.1, -0.05) is 0 Å². The van der Waals surface area contributed by atoms with Crippen LogP contribution in [0.5, 0.6) is 11.5 Å². The molecule has 2 aliphatic heterocycles. The van der Waals surface area contributed by atoms with Gasteiger partial charge in [0, 0.05) is 0 Å². The Bertz CT molecular complexity index is 607. The molecule has 0 amide bonds. The van der Waals surface area contributed by atoms with E-state index in [0.717, 1.165) is 9.80 Å². The van der Waals surface area contributed by atoms with Crippen molar-refractivity contribution < 1.29 is 19.4 Å². The molecule has 108 valence electrons. The molecule has 2 heterocycles. The molecule has 1 N–H and O–H groups in total. The zero-order chi connectivity index (χ0) is 14.7. The Morgan fingerprint density at radius 3 is 2.45 bits per heavy atom. The Morgan fingerprint density at radius 1 is 1.20 bits per heavy atom. The molecule has 0 saturated heterocycles. The molecule has 0 saturated carbocycles. The lowest BCUT2D eigenvalue weighted by Crippen LogP contribution is -2.53. The number of hydrogen-bond acceptors (Lipinski definition) is 5. The highest BCUT2D eigenvalue weighted by Crippen LogP contribution is 2.39. The number of ether oxygens (including phenoxy) is 2. The van der Waals surface area contributed by atoms with Crippen molar-refractivity contribution in [3.63, 3.8) is 0 Å². The number of hydrogen-bond donors (Lipinski definition) is 1. The fraction of sp³-hybridized carbons (Fsp3) is 0.500. The number of rotatable bonds is 1. The van der Waals surface area contributed by atoms with Gasteiger partial charge in [0.05, 0.1) is 5.56 Å². The lowest BCUT2D eigenvalue weighted by Gasteiger charge is -2.33. The summed E-state index contributed by atoms with van der Waals surface area (Å²) in [7, 11) is 0. The third-order valence-electron chi connectivity index (χ3n) is 4.56. The largest absolute Gasteiger partial charge is 0.714 e. The molecule has 0 bridgehead atoms. The average molecular weight is 278 g/mol. The number of benzene rings is 1. The first-order valence-corrected chi connectivity index (χ1v) is 6.50. The molecule has 6 heteroatoms. The molecule has 2 aliphatic rings. The lowest BCUT2D eigenvalue weighted by atomic mass is 9.84. The second-order valence-corrected chi connectivity index (χ2v) is 6.12. The maximum atomic E-state index is 12.6. The van der Waals surface area contributed by atoms with Crippen molar-refractivity contribution in [1.82, 2.24) is 5.06 Å². The summed E-state index contributed by atoms with van der Waals surface area (Å²) < 4.78 is 11.4. The standard InChI is InChI=1S/C14H18N2O4/c1-13(2)14(3,4)16(18)12(15(13)17)9-5-6-10-11(7-9)20-8-19-10/h5-7,17H,8H2,1-4H3. The maximum Gasteiger partial charge on any atom is 0.313 e. The number of hydroxylamine groups is 3. The summed E-state index contributed by atoms with van der Waals surface area (Å²) in [6.07, 6.45) is 0. The minimum absolute atomic E-state index is 0.176. The van der Waals surface area contributed by atoms with Crippen molar-refractivity contribution in [3.8, 4) is 11.5 Å². The third kappa shape index (κ3) is 1.45. The minimum Gasteiger partial charge on any atom is -0.714 e. The summed E-state index contributed by atoms with van der Waals surface area (Å²) in [5.74, 6) is 1.45. The van der Waals surface area contributed by atoms with Crippen LogP contribution in [0.2, 0.25) is 0 Å². The van der Waals surface area contributed by atoms with Crippen molar-refractivity contribution in [2.45, 2.75) is 38.8 Å². The van der Waals surface area contributed by atoms with Crippen LogP contribution < -0.4 is 9.47 Å². The number of nitrogens with zero attached hydrogens (tertiary/aromatic N) is 2. The number of amidine groups is 1. The Balaban J connectivity index is 2.12. The zero-order valence-corrected chi connectivity index (χ0v) is 12.0. The Morgan fingerprint density at radius 2 is 1.85 bits per heavy atom. The van der Waals surface area contributed by atoms with Gasteiger partial charge in [-0.3, -0.25) is 4.74 Å². The molecule has 3 rings (SSSR count). The van der Waals surface area contributed by atoms with Crippen molar-refractivity contribution in [2.24, 2.45) is 0 Å². The van der Waals surface area contributed by atoms with E-state index in [9.17, 15) is 10.4 Å². The van der Waals surface area contributed by atoms with Gasteiger partial charge in [0.2, 0.25) is 6.79 Å². The van der Waals surface area contributed by atoms with Crippen LogP contribution in [0.25, 0.3) is 0 Å². The predicted octanol–water partition coefficient (Wildman–Crippen LogP) is 1.93. The van der Waals surface area contributed by atoms with Crippen LogP contribution >= 0.6 is 0 Å². The summed E-state index contributed by atoms with van der Waals surface area (Å²) in [5, 5.41) is 24.0. The van der Waals surface area contributed by atoms with Crippen LogP contribution in [0.15, 0.2) is 18.2 Å². The summed E-state index contributed by atoms with van der Waals surface area (Å²) in [5.41, 5.74) is -0.862. The highest BCUT2D eigenvalue weighted by Gasteiger charge is 2.58. The minimum atomic E-state index is -0.756. The first-order chi connectivity index (χ1) is 9.26. The molecule has 0 aromatic heterocycles. The van der Waals surface area contributed by atoms with E-state index in [-0.39, 0.29) is 12.6 Å². The van der Waals surface area contributed by atoms with Crippen molar-refractivity contribution in [2.75, 3.05) is 6.79 Å². The van der Waals surface area contributed by atoms with E-state index in [1.165, 1.54) is 0 Å². The van der Waals surface area contributed by atoms with Gasteiger partial charge >= 0.3 is 5.84 Å². The SMILES string of the molecule is CC1(C)N(O)C(c2ccc3c(c2)OCO3)=[N+]([O-])C1(C)C. The van der Waals surface area contributed by atoms with Gasteiger partial charge in [0.1, 0.15) is 5.54 Å². The Labute approximate surface area is 117 Å². The first kappa shape index (κ1) is 13.1. The molecule has 1 aromatic rings. The average Bonchev–Trinajstić information content (AvgIpc) is 2.89. The summed E-state index contributed by atoms with van der Waals surface area (Å²) in [4.78, 5) is 0. The smallest absolute Gasteiger partial charge is 0.313 e. The van der Waals surface area contributed by atoms with Crippen LogP contribution in [0.3, 0.4) is 0 Å². The topological polar surface area (TPSA) is 68.0 Å². The summed E-state index contributed by atoms with van der Waals surface area (Å²) in [6.45, 7) is 7.46. The summed E-state index contributed by atoms with van der Waals surface area (Å²) >= 11 is 0. The molecule has 0 spiro atoms. The van der Waals surface area contributed by atoms with Gasteiger partial charge < -0.3 is 14.7 Å². The van der Waals surface area contributed by atoms with E-state index in [1.54, 1.807) is 18.2 Å². The van der Waals surface area contributed by atoms with E-state index in [2.05, 4.69) is 0 Å². The Hall–Kier alpha value is -1.95. The highest BCUT2D eigenvalue weighted by molar-refractivity contribution is 5.96. The van der Waals surface area contributed by atoms with Gasteiger partial charge in [0.15, 0.2) is 17.0 Å². The predicted molar refractivity (Wildman–Crippen MR) is 72.1 cm³/mol. The van der Waals surface area contributed by atoms with Crippen molar-refractivity contribution in [3.05, 3.63) is 29.0 Å². The molecule has 1 aromatic carbocycles. The van der Waals surface area contributed by atoms with Gasteiger partial charge in [-0.15, -0.1) is 5.06 Å². The van der Waals surface area contributed by atoms with E-state index >= 15 is 0 Å². The van der Waals surface area contributed by atoms with Gasteiger partial charge in [-0.2, -0.15) is 0 Å². The van der Waals surface area contributed by atoms with Crippen molar-refractivity contribution >= 4 is 5.84 Å². The normalized spacial score (nSPS) is 22.6.